The van der Waals surface area contributed by atoms with Crippen LogP contribution in [0.4, 0.5) is 0 Å². The van der Waals surface area contributed by atoms with Gasteiger partial charge in [0.2, 0.25) is 0 Å². The van der Waals surface area contributed by atoms with E-state index in [2.05, 4.69) is 41.2 Å². The van der Waals surface area contributed by atoms with Crippen LogP contribution < -0.4 is 5.32 Å². The van der Waals surface area contributed by atoms with E-state index in [-0.39, 0.29) is 6.04 Å². The average molecular weight is 363 g/mol. The Labute approximate surface area is 131 Å². The topological polar surface area (TPSA) is 25.2 Å². The summed E-state index contributed by atoms with van der Waals surface area (Å²) in [6.07, 6.45) is 0. The Morgan fingerprint density at radius 1 is 1.37 bits per heavy atom. The number of rotatable bonds is 4. The van der Waals surface area contributed by atoms with E-state index in [0.29, 0.717) is 0 Å². The van der Waals surface area contributed by atoms with Crippen LogP contribution in [0.2, 0.25) is 4.34 Å². The van der Waals surface area contributed by atoms with Gasteiger partial charge in [0.05, 0.1) is 6.04 Å². The Hall–Kier alpha value is -0.290. The molecule has 5 heteroatoms. The Bertz CT molecular complexity index is 571. The van der Waals surface area contributed by atoms with Crippen LogP contribution in [0.3, 0.4) is 0 Å². The summed E-state index contributed by atoms with van der Waals surface area (Å²) in [5.74, 6) is 1.96. The monoisotopic (exact) mass is 361 g/mol. The molecular formula is C14H17BrClNOS. The molecule has 1 unspecified atom stereocenters. The molecule has 0 aliphatic rings. The van der Waals surface area contributed by atoms with Crippen molar-refractivity contribution < 1.29 is 4.42 Å². The molecule has 2 aromatic rings. The predicted octanol–water partition coefficient (Wildman–Crippen LogP) is 5.38. The molecule has 0 bridgehead atoms. The molecule has 1 atom stereocenters. The SMILES string of the molecule is CCNC(c1cc(Br)c(Cl)s1)c1c(C)oc(C)c1C. The van der Waals surface area contributed by atoms with E-state index in [4.69, 9.17) is 16.0 Å². The molecule has 1 N–H and O–H groups in total. The second-order valence-corrected chi connectivity index (χ2v) is 7.05. The smallest absolute Gasteiger partial charge is 0.107 e. The van der Waals surface area contributed by atoms with Crippen LogP contribution in [-0.2, 0) is 0 Å². The first-order chi connectivity index (χ1) is 8.95. The molecule has 0 saturated carbocycles. The molecule has 0 aliphatic carbocycles. The van der Waals surface area contributed by atoms with Crippen molar-refractivity contribution >= 4 is 38.9 Å². The molecule has 0 amide bonds. The summed E-state index contributed by atoms with van der Waals surface area (Å²) in [7, 11) is 0. The lowest BCUT2D eigenvalue weighted by Gasteiger charge is -2.17. The molecule has 0 radical (unpaired) electrons. The minimum atomic E-state index is 0.135. The number of thiophene rings is 1. The zero-order valence-electron chi connectivity index (χ0n) is 11.4. The van der Waals surface area contributed by atoms with Crippen LogP contribution in [0.25, 0.3) is 0 Å². The van der Waals surface area contributed by atoms with E-state index in [1.54, 1.807) is 11.3 Å². The standard InChI is InChI=1S/C14H17BrClNOS/c1-5-17-13(11-6-10(15)14(16)19-11)12-7(2)8(3)18-9(12)4/h6,13,17H,5H2,1-4H3. The van der Waals surface area contributed by atoms with E-state index in [0.717, 1.165) is 26.9 Å². The van der Waals surface area contributed by atoms with Crippen LogP contribution >= 0.6 is 38.9 Å². The van der Waals surface area contributed by atoms with Crippen LogP contribution in [0.5, 0.6) is 0 Å². The van der Waals surface area contributed by atoms with Gasteiger partial charge in [0.1, 0.15) is 15.9 Å². The van der Waals surface area contributed by atoms with Crippen molar-refractivity contribution in [2.24, 2.45) is 0 Å². The molecule has 2 rings (SSSR count). The third-order valence-electron chi connectivity index (χ3n) is 3.26. The van der Waals surface area contributed by atoms with Crippen LogP contribution in [0, 0.1) is 20.8 Å². The maximum atomic E-state index is 6.17. The van der Waals surface area contributed by atoms with Crippen molar-refractivity contribution in [1.29, 1.82) is 0 Å². The zero-order chi connectivity index (χ0) is 14.2. The molecule has 0 fully saturated rings. The van der Waals surface area contributed by atoms with Gasteiger partial charge >= 0.3 is 0 Å². The van der Waals surface area contributed by atoms with Gasteiger partial charge in [0.15, 0.2) is 0 Å². The summed E-state index contributed by atoms with van der Waals surface area (Å²) in [4.78, 5) is 1.20. The summed E-state index contributed by atoms with van der Waals surface area (Å²) in [6.45, 7) is 9.13. The molecule has 0 aromatic carbocycles. The van der Waals surface area contributed by atoms with Crippen molar-refractivity contribution in [2.45, 2.75) is 33.7 Å². The number of nitrogens with one attached hydrogen (secondary N) is 1. The second kappa shape index (κ2) is 6.00. The molecule has 2 heterocycles. The fourth-order valence-corrected chi connectivity index (χ4v) is 4.11. The number of halogens is 2. The molecule has 104 valence electrons. The summed E-state index contributed by atoms with van der Waals surface area (Å²) in [5.41, 5.74) is 2.44. The highest BCUT2D eigenvalue weighted by atomic mass is 79.9. The molecule has 2 aromatic heterocycles. The van der Waals surface area contributed by atoms with Crippen LogP contribution in [0.15, 0.2) is 15.0 Å². The fraction of sp³-hybridized carbons (Fsp3) is 0.429. The highest BCUT2D eigenvalue weighted by molar-refractivity contribution is 9.10. The lowest BCUT2D eigenvalue weighted by atomic mass is 10.0. The van der Waals surface area contributed by atoms with Crippen LogP contribution in [-0.4, -0.2) is 6.54 Å². The summed E-state index contributed by atoms with van der Waals surface area (Å²) >= 11 is 11.2. The minimum absolute atomic E-state index is 0.135. The lowest BCUT2D eigenvalue weighted by Crippen LogP contribution is -2.22. The molecule has 0 aliphatic heterocycles. The summed E-state index contributed by atoms with van der Waals surface area (Å²) in [6, 6.07) is 2.22. The third kappa shape index (κ3) is 2.92. The van der Waals surface area contributed by atoms with E-state index >= 15 is 0 Å². The Balaban J connectivity index is 2.51. The number of hydrogen-bond donors (Lipinski definition) is 1. The third-order valence-corrected chi connectivity index (χ3v) is 5.80. The number of aryl methyl sites for hydroxylation is 2. The minimum Gasteiger partial charge on any atom is -0.466 e. The van der Waals surface area contributed by atoms with Gasteiger partial charge in [0.25, 0.3) is 0 Å². The molecule has 19 heavy (non-hydrogen) atoms. The van der Waals surface area contributed by atoms with Crippen molar-refractivity contribution in [2.75, 3.05) is 6.54 Å². The highest BCUT2D eigenvalue weighted by Gasteiger charge is 2.24. The van der Waals surface area contributed by atoms with Gasteiger partial charge in [0, 0.05) is 14.9 Å². The van der Waals surface area contributed by atoms with Crippen molar-refractivity contribution in [3.05, 3.63) is 42.4 Å². The van der Waals surface area contributed by atoms with E-state index in [1.807, 2.05) is 13.8 Å². The largest absolute Gasteiger partial charge is 0.466 e. The zero-order valence-corrected chi connectivity index (χ0v) is 14.6. The maximum absolute atomic E-state index is 6.17. The second-order valence-electron chi connectivity index (χ2n) is 4.51. The van der Waals surface area contributed by atoms with E-state index < -0.39 is 0 Å². The fourth-order valence-electron chi connectivity index (χ4n) is 2.29. The van der Waals surface area contributed by atoms with Crippen molar-refractivity contribution in [3.8, 4) is 0 Å². The van der Waals surface area contributed by atoms with Gasteiger partial charge in [-0.15, -0.1) is 11.3 Å². The van der Waals surface area contributed by atoms with Gasteiger partial charge in [-0.1, -0.05) is 18.5 Å². The first-order valence-corrected chi connectivity index (χ1v) is 8.19. The van der Waals surface area contributed by atoms with Gasteiger partial charge in [-0.2, -0.15) is 0 Å². The molecule has 0 saturated heterocycles. The number of furan rings is 1. The van der Waals surface area contributed by atoms with Gasteiger partial charge in [-0.25, -0.2) is 0 Å². The first kappa shape index (κ1) is 15.1. The summed E-state index contributed by atoms with van der Waals surface area (Å²) < 4.78 is 7.49. The summed E-state index contributed by atoms with van der Waals surface area (Å²) in [5, 5.41) is 3.52. The van der Waals surface area contributed by atoms with Crippen molar-refractivity contribution in [1.82, 2.24) is 5.32 Å². The lowest BCUT2D eigenvalue weighted by molar-refractivity contribution is 0.494. The van der Waals surface area contributed by atoms with Crippen molar-refractivity contribution in [3.63, 3.8) is 0 Å². The predicted molar refractivity (Wildman–Crippen MR) is 85.5 cm³/mol. The Morgan fingerprint density at radius 2 is 2.05 bits per heavy atom. The van der Waals surface area contributed by atoms with Gasteiger partial charge in [-0.3, -0.25) is 0 Å². The van der Waals surface area contributed by atoms with Crippen LogP contribution in [0.1, 0.15) is 40.5 Å². The molecule has 2 nitrogen and oxygen atoms in total. The van der Waals surface area contributed by atoms with Gasteiger partial charge < -0.3 is 9.73 Å². The number of hydrogen-bond acceptors (Lipinski definition) is 3. The normalized spacial score (nSPS) is 12.9. The Morgan fingerprint density at radius 3 is 2.47 bits per heavy atom. The first-order valence-electron chi connectivity index (χ1n) is 6.20. The highest BCUT2D eigenvalue weighted by Crippen LogP contribution is 2.39. The van der Waals surface area contributed by atoms with E-state index in [1.165, 1.54) is 16.0 Å². The Kier molecular flexibility index (Phi) is 4.77. The van der Waals surface area contributed by atoms with E-state index in [9.17, 15) is 0 Å². The molecular weight excluding hydrogens is 346 g/mol. The molecule has 0 spiro atoms. The average Bonchev–Trinajstić information content (AvgIpc) is 2.79. The van der Waals surface area contributed by atoms with Gasteiger partial charge in [-0.05, 0) is 54.9 Å². The maximum Gasteiger partial charge on any atom is 0.107 e. The quantitative estimate of drug-likeness (QED) is 0.789.